The molecule has 0 radical (unpaired) electrons. The third-order valence-electron chi connectivity index (χ3n) is 6.73. The van der Waals surface area contributed by atoms with E-state index in [4.69, 9.17) is 14.2 Å². The van der Waals surface area contributed by atoms with E-state index >= 15 is 0 Å². The van der Waals surface area contributed by atoms with Crippen molar-refractivity contribution in [3.8, 4) is 23.6 Å². The molecule has 0 amide bonds. The van der Waals surface area contributed by atoms with E-state index in [1.165, 1.54) is 14.2 Å². The van der Waals surface area contributed by atoms with Gasteiger partial charge in [0.05, 0.1) is 37.5 Å². The molecule has 0 spiro atoms. The minimum atomic E-state index is -2.03. The Labute approximate surface area is 211 Å². The molecule has 8 heteroatoms. The number of nitriles is 1. The molecule has 2 heterocycles. The Hall–Kier alpha value is -3.64. The molecule has 8 nitrogen and oxygen atoms in total. The van der Waals surface area contributed by atoms with Gasteiger partial charge in [-0.2, -0.15) is 10.2 Å². The highest BCUT2D eigenvalue weighted by Gasteiger charge is 2.67. The van der Waals surface area contributed by atoms with E-state index in [-0.39, 0.29) is 29.0 Å². The second kappa shape index (κ2) is 9.78. The Bertz CT molecular complexity index is 1260. The average Bonchev–Trinajstić information content (AvgIpc) is 3.17. The summed E-state index contributed by atoms with van der Waals surface area (Å²) in [7, 11) is 6.74. The van der Waals surface area contributed by atoms with Crippen molar-refractivity contribution in [2.75, 3.05) is 34.9 Å². The number of benzene rings is 2. The summed E-state index contributed by atoms with van der Waals surface area (Å²) in [5.74, 6) is 0.236. The number of aromatic nitrogens is 1. The molecule has 1 aliphatic rings. The molecule has 36 heavy (non-hydrogen) atoms. The Morgan fingerprint density at radius 2 is 1.69 bits per heavy atom. The van der Waals surface area contributed by atoms with E-state index in [0.29, 0.717) is 23.2 Å². The molecular weight excluding hydrogens is 458 g/mol. The maximum absolute atomic E-state index is 12.9. The van der Waals surface area contributed by atoms with Crippen molar-refractivity contribution >= 4 is 0 Å². The first kappa shape index (κ1) is 25.5. The first-order chi connectivity index (χ1) is 17.2. The van der Waals surface area contributed by atoms with E-state index in [1.54, 1.807) is 30.3 Å². The molecular formula is C28H31N3O5. The van der Waals surface area contributed by atoms with Crippen LogP contribution in [0.15, 0.2) is 60.7 Å². The van der Waals surface area contributed by atoms with Gasteiger partial charge < -0.3 is 29.3 Å². The molecule has 4 atom stereocenters. The molecule has 1 aromatic heterocycles. The number of pyridine rings is 1. The van der Waals surface area contributed by atoms with Crippen LogP contribution in [-0.2, 0) is 11.2 Å². The summed E-state index contributed by atoms with van der Waals surface area (Å²) < 4.78 is 17.7. The number of nitrogens with zero attached hydrogens (tertiary/aromatic N) is 3. The summed E-state index contributed by atoms with van der Waals surface area (Å²) in [6, 6.07) is 19.8. The van der Waals surface area contributed by atoms with E-state index in [9.17, 15) is 15.5 Å². The van der Waals surface area contributed by atoms with Crippen molar-refractivity contribution in [2.45, 2.75) is 24.2 Å². The summed E-state index contributed by atoms with van der Waals surface area (Å²) in [5, 5.41) is 34.2. The largest absolute Gasteiger partial charge is 0.481 e. The maximum atomic E-state index is 12.9. The van der Waals surface area contributed by atoms with Crippen LogP contribution in [0.4, 0.5) is 0 Å². The van der Waals surface area contributed by atoms with Gasteiger partial charge in [-0.05, 0) is 32.1 Å². The predicted molar refractivity (Wildman–Crippen MR) is 134 cm³/mol. The van der Waals surface area contributed by atoms with Crippen molar-refractivity contribution in [3.63, 3.8) is 0 Å². The van der Waals surface area contributed by atoms with Gasteiger partial charge in [0.1, 0.15) is 5.75 Å². The molecule has 0 bridgehead atoms. The molecule has 0 saturated carbocycles. The number of rotatable bonds is 8. The minimum Gasteiger partial charge on any atom is -0.481 e. The van der Waals surface area contributed by atoms with E-state index in [2.05, 4.69) is 11.1 Å². The third-order valence-corrected chi connectivity index (χ3v) is 6.73. The highest BCUT2D eigenvalue weighted by Crippen LogP contribution is 2.61. The van der Waals surface area contributed by atoms with Crippen LogP contribution in [0.25, 0.3) is 0 Å². The summed E-state index contributed by atoms with van der Waals surface area (Å²) >= 11 is 0. The number of aliphatic hydroxyl groups excluding tert-OH is 1. The average molecular weight is 490 g/mol. The minimum absolute atomic E-state index is 0.0920. The van der Waals surface area contributed by atoms with Crippen molar-refractivity contribution in [1.29, 1.82) is 5.26 Å². The van der Waals surface area contributed by atoms with Gasteiger partial charge in [0.15, 0.2) is 11.2 Å². The fourth-order valence-corrected chi connectivity index (χ4v) is 5.20. The van der Waals surface area contributed by atoms with E-state index in [0.717, 1.165) is 0 Å². The predicted octanol–water partition coefficient (Wildman–Crippen LogP) is 3.05. The highest BCUT2D eigenvalue weighted by molar-refractivity contribution is 5.60. The Kier molecular flexibility index (Phi) is 6.92. The molecule has 0 saturated heterocycles. The van der Waals surface area contributed by atoms with Crippen LogP contribution in [0.2, 0.25) is 0 Å². The number of hydrogen-bond donors (Lipinski definition) is 2. The lowest BCUT2D eigenvalue weighted by molar-refractivity contribution is -0.181. The van der Waals surface area contributed by atoms with Crippen molar-refractivity contribution in [3.05, 3.63) is 82.9 Å². The van der Waals surface area contributed by atoms with Crippen LogP contribution >= 0.6 is 0 Å². The second-order valence-corrected chi connectivity index (χ2v) is 9.34. The van der Waals surface area contributed by atoms with Crippen molar-refractivity contribution < 1.29 is 24.4 Å². The number of ether oxygens (including phenoxy) is 3. The molecule has 188 valence electrons. The lowest BCUT2D eigenvalue weighted by atomic mass is 9.66. The molecule has 2 N–H and O–H groups in total. The zero-order valence-corrected chi connectivity index (χ0v) is 21.1. The maximum Gasteiger partial charge on any atom is 0.226 e. The van der Waals surface area contributed by atoms with Gasteiger partial charge >= 0.3 is 0 Å². The topological polar surface area (TPSA) is 108 Å². The molecule has 0 fully saturated rings. The van der Waals surface area contributed by atoms with Crippen LogP contribution in [0.5, 0.6) is 17.5 Å². The number of fused-ring (bicyclic) bond motifs is 1. The van der Waals surface area contributed by atoms with Crippen molar-refractivity contribution in [1.82, 2.24) is 9.88 Å². The molecule has 0 aliphatic carbocycles. The summed E-state index contributed by atoms with van der Waals surface area (Å²) in [5.41, 5.74) is -1.75. The third kappa shape index (κ3) is 3.86. The lowest BCUT2D eigenvalue weighted by Crippen LogP contribution is -2.59. The van der Waals surface area contributed by atoms with E-state index in [1.807, 2.05) is 56.3 Å². The monoisotopic (exact) mass is 489 g/mol. The van der Waals surface area contributed by atoms with Gasteiger partial charge in [-0.3, -0.25) is 0 Å². The van der Waals surface area contributed by atoms with Crippen LogP contribution in [0.3, 0.4) is 0 Å². The highest BCUT2D eigenvalue weighted by atomic mass is 16.5. The van der Waals surface area contributed by atoms with E-state index < -0.39 is 17.3 Å². The first-order valence-electron chi connectivity index (χ1n) is 11.7. The van der Waals surface area contributed by atoms with Gasteiger partial charge in [0.2, 0.25) is 11.8 Å². The van der Waals surface area contributed by atoms with Crippen LogP contribution in [0.1, 0.15) is 29.2 Å². The number of methoxy groups -OCH3 is 2. The van der Waals surface area contributed by atoms with Crippen LogP contribution in [-0.4, -0.2) is 61.1 Å². The Morgan fingerprint density at radius 3 is 2.25 bits per heavy atom. The van der Waals surface area contributed by atoms with Crippen molar-refractivity contribution in [2.24, 2.45) is 5.92 Å². The molecule has 4 unspecified atom stereocenters. The molecule has 1 aliphatic heterocycles. The van der Waals surface area contributed by atoms with Gasteiger partial charge in [-0.25, -0.2) is 0 Å². The number of aliphatic hydroxyl groups is 2. The fraction of sp³-hybridized carbons (Fsp3) is 0.357. The van der Waals surface area contributed by atoms with Gasteiger partial charge in [0.25, 0.3) is 0 Å². The summed E-state index contributed by atoms with van der Waals surface area (Å²) in [4.78, 5) is 6.36. The summed E-state index contributed by atoms with van der Waals surface area (Å²) in [6.07, 6.45) is -1.30. The lowest BCUT2D eigenvalue weighted by Gasteiger charge is -2.46. The summed E-state index contributed by atoms with van der Waals surface area (Å²) in [6.45, 7) is 2.38. The second-order valence-electron chi connectivity index (χ2n) is 9.34. The van der Waals surface area contributed by atoms with Crippen LogP contribution in [0, 0.1) is 17.2 Å². The van der Waals surface area contributed by atoms with Gasteiger partial charge in [-0.15, -0.1) is 0 Å². The number of hydrogen-bond acceptors (Lipinski definition) is 8. The van der Waals surface area contributed by atoms with Gasteiger partial charge in [0, 0.05) is 23.7 Å². The zero-order chi connectivity index (χ0) is 26.1. The van der Waals surface area contributed by atoms with Crippen LogP contribution < -0.4 is 14.2 Å². The Morgan fingerprint density at radius 1 is 1.06 bits per heavy atom. The normalized spacial score (nSPS) is 22.3. The first-order valence-corrected chi connectivity index (χ1v) is 11.7. The standard InChI is InChI=1S/C28H31N3O5/c1-18(17-31(2)3)25(32)27(33)24-22(15-23(34-4)30-26(24)35-5)36-28(27,20-9-7-6-8-10-20)21-13-11-19(16-29)12-14-21/h6-15,18,25,32-33H,17H2,1-5H3. The quantitative estimate of drug-likeness (QED) is 0.497. The molecule has 3 aromatic rings. The molecule has 4 rings (SSSR count). The molecule has 2 aromatic carbocycles. The Balaban J connectivity index is 2.10. The SMILES string of the molecule is COc1cc2c(c(OC)n1)C(O)(C(O)C(C)CN(C)C)C(c1ccccc1)(c1ccc(C#N)cc1)O2. The van der Waals surface area contributed by atoms with Gasteiger partial charge in [-0.1, -0.05) is 49.4 Å². The smallest absolute Gasteiger partial charge is 0.226 e. The zero-order valence-electron chi connectivity index (χ0n) is 21.1. The fourth-order valence-electron chi connectivity index (χ4n) is 5.20.